The van der Waals surface area contributed by atoms with Crippen LogP contribution in [0, 0.1) is 17.7 Å². The van der Waals surface area contributed by atoms with Gasteiger partial charge in [0.25, 0.3) is 0 Å². The molecule has 0 atom stereocenters. The Hall–Kier alpha value is -2.15. The highest BCUT2D eigenvalue weighted by atomic mass is 19.1. The van der Waals surface area contributed by atoms with E-state index in [2.05, 4.69) is 16.6 Å². The van der Waals surface area contributed by atoms with Gasteiger partial charge in [0, 0.05) is 0 Å². The van der Waals surface area contributed by atoms with Gasteiger partial charge in [-0.2, -0.15) is 0 Å². The zero-order valence-corrected chi connectivity index (χ0v) is 8.62. The van der Waals surface area contributed by atoms with Crippen molar-refractivity contribution in [1.82, 2.24) is 0 Å². The number of carbonyl (C=O) groups excluding carboxylic acids is 2. The molecule has 0 aliphatic carbocycles. The van der Waals surface area contributed by atoms with E-state index in [4.69, 9.17) is 0 Å². The number of benzene rings is 1. The monoisotopic (exact) mass is 220 g/mol. The fraction of sp³-hybridized carbons (Fsp3) is 0.167. The average molecular weight is 220 g/mol. The molecule has 0 fully saturated rings. The van der Waals surface area contributed by atoms with Gasteiger partial charge < -0.3 is 9.53 Å². The maximum Gasteiger partial charge on any atom is 0.337 e. The summed E-state index contributed by atoms with van der Waals surface area (Å²) in [5.41, 5.74) is 0.295. The summed E-state index contributed by atoms with van der Waals surface area (Å²) in [5, 5.41) is 0. The quantitative estimate of drug-likeness (QED) is 0.431. The van der Waals surface area contributed by atoms with Crippen LogP contribution in [0.1, 0.15) is 22.3 Å². The summed E-state index contributed by atoms with van der Waals surface area (Å²) in [6.45, 7) is 0. The van der Waals surface area contributed by atoms with Gasteiger partial charge in [-0.05, 0) is 18.2 Å². The van der Waals surface area contributed by atoms with Crippen molar-refractivity contribution in [1.29, 1.82) is 0 Å². The fourth-order valence-electron chi connectivity index (χ4n) is 1.05. The Balaban J connectivity index is 3.05. The molecule has 1 rings (SSSR count). The summed E-state index contributed by atoms with van der Waals surface area (Å²) < 4.78 is 17.7. The molecule has 1 aromatic carbocycles. The van der Waals surface area contributed by atoms with Crippen LogP contribution in [0.25, 0.3) is 0 Å². The van der Waals surface area contributed by atoms with Gasteiger partial charge in [0.1, 0.15) is 12.1 Å². The first-order chi connectivity index (χ1) is 7.69. The Morgan fingerprint density at radius 3 is 2.94 bits per heavy atom. The second-order valence-corrected chi connectivity index (χ2v) is 2.86. The predicted molar refractivity (Wildman–Crippen MR) is 55.3 cm³/mol. The normalized spacial score (nSPS) is 8.88. The van der Waals surface area contributed by atoms with E-state index in [1.54, 1.807) is 0 Å². The molecule has 0 unspecified atom stereocenters. The number of esters is 1. The summed E-state index contributed by atoms with van der Waals surface area (Å²) in [6, 6.07) is 3.74. The lowest BCUT2D eigenvalue weighted by Gasteiger charge is -2.00. The van der Waals surface area contributed by atoms with Gasteiger partial charge >= 0.3 is 5.97 Å². The molecule has 0 aliphatic heterocycles. The van der Waals surface area contributed by atoms with Crippen LogP contribution in [0.2, 0.25) is 0 Å². The molecular weight excluding hydrogens is 211 g/mol. The van der Waals surface area contributed by atoms with Crippen LogP contribution in [0.15, 0.2) is 18.2 Å². The highest BCUT2D eigenvalue weighted by Crippen LogP contribution is 2.10. The maximum absolute atomic E-state index is 13.2. The Labute approximate surface area is 92.2 Å². The largest absolute Gasteiger partial charge is 0.465 e. The number of hydrogen-bond donors (Lipinski definition) is 0. The van der Waals surface area contributed by atoms with E-state index < -0.39 is 11.8 Å². The van der Waals surface area contributed by atoms with Crippen LogP contribution in [-0.4, -0.2) is 19.4 Å². The number of carbonyl (C=O) groups is 2. The molecule has 0 radical (unpaired) electrons. The molecule has 4 heteroatoms. The fourth-order valence-corrected chi connectivity index (χ4v) is 1.05. The summed E-state index contributed by atoms with van der Waals surface area (Å²) in [7, 11) is 1.24. The van der Waals surface area contributed by atoms with Gasteiger partial charge in [0.15, 0.2) is 0 Å². The summed E-state index contributed by atoms with van der Waals surface area (Å²) in [4.78, 5) is 21.2. The topological polar surface area (TPSA) is 43.4 Å². The summed E-state index contributed by atoms with van der Waals surface area (Å²) in [5.74, 6) is 3.84. The number of halogens is 1. The van der Waals surface area contributed by atoms with E-state index in [-0.39, 0.29) is 17.5 Å². The third-order valence-corrected chi connectivity index (χ3v) is 1.80. The zero-order chi connectivity index (χ0) is 12.0. The van der Waals surface area contributed by atoms with Crippen molar-refractivity contribution in [2.24, 2.45) is 0 Å². The van der Waals surface area contributed by atoms with Crippen LogP contribution in [0.5, 0.6) is 0 Å². The van der Waals surface area contributed by atoms with E-state index in [1.807, 2.05) is 0 Å². The third-order valence-electron chi connectivity index (χ3n) is 1.80. The Morgan fingerprint density at radius 1 is 1.56 bits per heavy atom. The van der Waals surface area contributed by atoms with Gasteiger partial charge in [-0.15, -0.1) is 0 Å². The Morgan fingerprint density at radius 2 is 2.31 bits per heavy atom. The van der Waals surface area contributed by atoms with Crippen molar-refractivity contribution in [3.63, 3.8) is 0 Å². The minimum Gasteiger partial charge on any atom is -0.465 e. The van der Waals surface area contributed by atoms with Gasteiger partial charge in [0.05, 0.1) is 24.7 Å². The smallest absolute Gasteiger partial charge is 0.337 e. The molecule has 0 amide bonds. The molecule has 82 valence electrons. The molecule has 0 N–H and O–H groups in total. The lowest BCUT2D eigenvalue weighted by Crippen LogP contribution is -2.02. The van der Waals surface area contributed by atoms with E-state index in [0.29, 0.717) is 6.29 Å². The maximum atomic E-state index is 13.2. The lowest BCUT2D eigenvalue weighted by molar-refractivity contribution is -0.107. The minimum absolute atomic E-state index is 0.0297. The van der Waals surface area contributed by atoms with Crippen molar-refractivity contribution < 1.29 is 18.7 Å². The lowest BCUT2D eigenvalue weighted by atomic mass is 10.1. The van der Waals surface area contributed by atoms with Crippen LogP contribution in [0.3, 0.4) is 0 Å². The molecule has 0 saturated carbocycles. The van der Waals surface area contributed by atoms with Crippen LogP contribution in [-0.2, 0) is 9.53 Å². The van der Waals surface area contributed by atoms with Crippen LogP contribution >= 0.6 is 0 Å². The van der Waals surface area contributed by atoms with Gasteiger partial charge in [0.2, 0.25) is 0 Å². The van der Waals surface area contributed by atoms with Gasteiger partial charge in [-0.1, -0.05) is 11.8 Å². The average Bonchev–Trinajstić information content (AvgIpc) is 2.31. The second kappa shape index (κ2) is 5.66. The van der Waals surface area contributed by atoms with Crippen LogP contribution in [0.4, 0.5) is 4.39 Å². The molecule has 0 saturated heterocycles. The van der Waals surface area contributed by atoms with Gasteiger partial charge in [-0.25, -0.2) is 9.18 Å². The first-order valence-electron chi connectivity index (χ1n) is 4.49. The number of rotatable bonds is 2. The molecule has 0 heterocycles. The van der Waals surface area contributed by atoms with E-state index >= 15 is 0 Å². The minimum atomic E-state index is -0.557. The van der Waals surface area contributed by atoms with Crippen molar-refractivity contribution in [2.45, 2.75) is 6.42 Å². The number of ether oxygens (including phenoxy) is 1. The molecule has 0 aliphatic rings. The van der Waals surface area contributed by atoms with Crippen molar-refractivity contribution in [3.05, 3.63) is 35.1 Å². The molecule has 0 bridgehead atoms. The summed E-state index contributed by atoms with van der Waals surface area (Å²) in [6.07, 6.45) is 0.650. The predicted octanol–water partition coefficient (Wildman–Crippen LogP) is 1.55. The zero-order valence-electron chi connectivity index (χ0n) is 8.62. The first kappa shape index (κ1) is 11.9. The molecule has 0 spiro atoms. The van der Waals surface area contributed by atoms with Crippen LogP contribution < -0.4 is 0 Å². The first-order valence-corrected chi connectivity index (χ1v) is 4.49. The number of methoxy groups -OCH3 is 1. The highest BCUT2D eigenvalue weighted by molar-refractivity contribution is 5.89. The molecule has 3 nitrogen and oxygen atoms in total. The van der Waals surface area contributed by atoms with E-state index in [0.717, 1.165) is 6.07 Å². The Kier molecular flexibility index (Phi) is 4.22. The third kappa shape index (κ3) is 2.92. The van der Waals surface area contributed by atoms with Crippen molar-refractivity contribution in [3.8, 4) is 11.8 Å². The highest BCUT2D eigenvalue weighted by Gasteiger charge is 2.08. The van der Waals surface area contributed by atoms with Crippen molar-refractivity contribution >= 4 is 12.3 Å². The number of aldehydes is 1. The van der Waals surface area contributed by atoms with Gasteiger partial charge in [-0.3, -0.25) is 0 Å². The van der Waals surface area contributed by atoms with Crippen molar-refractivity contribution in [2.75, 3.05) is 7.11 Å². The SMILES string of the molecule is COC(=O)c1ccc(F)c(C#CCC=O)c1. The number of hydrogen-bond acceptors (Lipinski definition) is 3. The standard InChI is InChI=1S/C12H9FO3/c1-16-12(15)10-5-6-11(13)9(8-10)4-2-3-7-14/h5-8H,3H2,1H3. The molecule has 0 aromatic heterocycles. The molecule has 16 heavy (non-hydrogen) atoms. The van der Waals surface area contributed by atoms with E-state index in [1.165, 1.54) is 19.2 Å². The molecule has 1 aromatic rings. The summed E-state index contributed by atoms with van der Waals surface area (Å²) >= 11 is 0. The molecular formula is C12H9FO3. The second-order valence-electron chi connectivity index (χ2n) is 2.86. The van der Waals surface area contributed by atoms with E-state index in [9.17, 15) is 14.0 Å². The Bertz CT molecular complexity index is 469.